The van der Waals surface area contributed by atoms with Gasteiger partial charge in [-0.25, -0.2) is 13.6 Å². The van der Waals surface area contributed by atoms with Gasteiger partial charge in [0, 0.05) is 6.07 Å². The van der Waals surface area contributed by atoms with Gasteiger partial charge in [-0.05, 0) is 17.7 Å². The summed E-state index contributed by atoms with van der Waals surface area (Å²) >= 11 is 5.59. The van der Waals surface area contributed by atoms with Crippen LogP contribution in [-0.2, 0) is 14.3 Å². The molecule has 0 amide bonds. The molecule has 1 aromatic rings. The molecule has 6 heteroatoms. The number of carbonyl (C=O) groups is 2. The number of halogens is 3. The Bertz CT molecular complexity index is 414. The van der Waals surface area contributed by atoms with Crippen molar-refractivity contribution >= 4 is 23.4 Å². The summed E-state index contributed by atoms with van der Waals surface area (Å²) in [4.78, 5) is 22.1. The van der Waals surface area contributed by atoms with Crippen LogP contribution in [-0.4, -0.2) is 18.9 Å². The number of ketones is 1. The lowest BCUT2D eigenvalue weighted by molar-refractivity contribution is -0.151. The van der Waals surface area contributed by atoms with E-state index in [9.17, 15) is 18.4 Å². The molecule has 0 fully saturated rings. The fourth-order valence-electron chi connectivity index (χ4n) is 1.08. The van der Waals surface area contributed by atoms with Gasteiger partial charge in [-0.3, -0.25) is 4.79 Å². The number of rotatable bonds is 3. The van der Waals surface area contributed by atoms with Crippen LogP contribution in [0.3, 0.4) is 0 Å². The van der Waals surface area contributed by atoms with Crippen molar-refractivity contribution in [1.82, 2.24) is 0 Å². The Morgan fingerprint density at radius 3 is 2.19 bits per heavy atom. The molecular formula is C10H7ClF2O3. The molecule has 86 valence electrons. The van der Waals surface area contributed by atoms with Crippen LogP contribution >= 0.6 is 11.6 Å². The molecular weight excluding hydrogens is 242 g/mol. The predicted molar refractivity (Wildman–Crippen MR) is 52.0 cm³/mol. The summed E-state index contributed by atoms with van der Waals surface area (Å²) < 4.78 is 29.8. The standard InChI is InChI=1S/C10H7ClF2O3/c1-16-10(15)9(14)8(11)5-2-6(12)4-7(13)3-5/h2-4,8H,1H3. The highest BCUT2D eigenvalue weighted by Crippen LogP contribution is 2.23. The van der Waals surface area contributed by atoms with Gasteiger partial charge in [0.05, 0.1) is 7.11 Å². The highest BCUT2D eigenvalue weighted by molar-refractivity contribution is 6.47. The first-order valence-corrected chi connectivity index (χ1v) is 4.61. The van der Waals surface area contributed by atoms with Gasteiger partial charge in [-0.15, -0.1) is 11.6 Å². The molecule has 0 saturated heterocycles. The normalized spacial score (nSPS) is 12.0. The van der Waals surface area contributed by atoms with Gasteiger partial charge in [0.25, 0.3) is 5.78 Å². The third kappa shape index (κ3) is 2.76. The van der Waals surface area contributed by atoms with Crippen LogP contribution < -0.4 is 0 Å². The van der Waals surface area contributed by atoms with Crippen LogP contribution in [0.1, 0.15) is 10.9 Å². The first kappa shape index (κ1) is 12.6. The van der Waals surface area contributed by atoms with Crippen LogP contribution in [0, 0.1) is 11.6 Å². The van der Waals surface area contributed by atoms with Gasteiger partial charge in [0.15, 0.2) is 0 Å². The third-order valence-electron chi connectivity index (χ3n) is 1.79. The van der Waals surface area contributed by atoms with Gasteiger partial charge < -0.3 is 4.74 Å². The zero-order chi connectivity index (χ0) is 12.3. The van der Waals surface area contributed by atoms with E-state index in [4.69, 9.17) is 11.6 Å². The van der Waals surface area contributed by atoms with E-state index in [1.54, 1.807) is 0 Å². The van der Waals surface area contributed by atoms with E-state index >= 15 is 0 Å². The van der Waals surface area contributed by atoms with Gasteiger partial charge >= 0.3 is 5.97 Å². The number of esters is 1. The molecule has 3 nitrogen and oxygen atoms in total. The number of alkyl halides is 1. The average molecular weight is 249 g/mol. The third-order valence-corrected chi connectivity index (χ3v) is 2.24. The number of carbonyl (C=O) groups excluding carboxylic acids is 2. The maximum atomic E-state index is 12.8. The molecule has 1 unspecified atom stereocenters. The minimum Gasteiger partial charge on any atom is -0.463 e. The topological polar surface area (TPSA) is 43.4 Å². The fourth-order valence-corrected chi connectivity index (χ4v) is 1.29. The maximum absolute atomic E-state index is 12.8. The first-order chi connectivity index (χ1) is 7.45. The van der Waals surface area contributed by atoms with Gasteiger partial charge in [0.2, 0.25) is 0 Å². The van der Waals surface area contributed by atoms with Crippen molar-refractivity contribution in [2.24, 2.45) is 0 Å². The summed E-state index contributed by atoms with van der Waals surface area (Å²) in [6, 6.07) is 2.39. The van der Waals surface area contributed by atoms with E-state index in [-0.39, 0.29) is 5.56 Å². The Morgan fingerprint density at radius 2 is 1.75 bits per heavy atom. The minimum absolute atomic E-state index is 0.130. The Labute approximate surface area is 95.0 Å². The van der Waals surface area contributed by atoms with Crippen molar-refractivity contribution in [1.29, 1.82) is 0 Å². The van der Waals surface area contributed by atoms with Crippen molar-refractivity contribution in [3.05, 3.63) is 35.4 Å². The number of methoxy groups -OCH3 is 1. The van der Waals surface area contributed by atoms with E-state index in [0.29, 0.717) is 6.07 Å². The molecule has 16 heavy (non-hydrogen) atoms. The molecule has 0 aromatic heterocycles. The van der Waals surface area contributed by atoms with Crippen molar-refractivity contribution in [3.8, 4) is 0 Å². The SMILES string of the molecule is COC(=O)C(=O)C(Cl)c1cc(F)cc(F)c1. The largest absolute Gasteiger partial charge is 0.463 e. The van der Waals surface area contributed by atoms with Crippen molar-refractivity contribution in [2.45, 2.75) is 5.38 Å². The maximum Gasteiger partial charge on any atom is 0.376 e. The summed E-state index contributed by atoms with van der Waals surface area (Å²) in [5.74, 6) is -3.99. The van der Waals surface area contributed by atoms with Crippen LogP contribution in [0.25, 0.3) is 0 Å². The van der Waals surface area contributed by atoms with Crippen molar-refractivity contribution in [3.63, 3.8) is 0 Å². The Kier molecular flexibility index (Phi) is 3.95. The summed E-state index contributed by atoms with van der Waals surface area (Å²) in [5, 5.41) is -1.46. The van der Waals surface area contributed by atoms with Crippen LogP contribution in [0.5, 0.6) is 0 Å². The van der Waals surface area contributed by atoms with Crippen molar-refractivity contribution in [2.75, 3.05) is 7.11 Å². The lowest BCUT2D eigenvalue weighted by atomic mass is 10.1. The number of hydrogen-bond donors (Lipinski definition) is 0. The lowest BCUT2D eigenvalue weighted by Gasteiger charge is -2.07. The molecule has 0 spiro atoms. The average Bonchev–Trinajstić information content (AvgIpc) is 2.24. The minimum atomic E-state index is -1.46. The fraction of sp³-hybridized carbons (Fsp3) is 0.200. The van der Waals surface area contributed by atoms with E-state index in [2.05, 4.69) is 4.74 Å². The molecule has 0 aliphatic rings. The molecule has 0 radical (unpaired) electrons. The molecule has 0 N–H and O–H groups in total. The highest BCUT2D eigenvalue weighted by Gasteiger charge is 2.26. The first-order valence-electron chi connectivity index (χ1n) is 4.18. The van der Waals surface area contributed by atoms with Crippen LogP contribution in [0.4, 0.5) is 8.78 Å². The van der Waals surface area contributed by atoms with Crippen LogP contribution in [0.2, 0.25) is 0 Å². The molecule has 1 rings (SSSR count). The van der Waals surface area contributed by atoms with Crippen molar-refractivity contribution < 1.29 is 23.1 Å². The Morgan fingerprint density at radius 1 is 1.25 bits per heavy atom. The Balaban J connectivity index is 3.00. The lowest BCUT2D eigenvalue weighted by Crippen LogP contribution is -2.20. The zero-order valence-corrected chi connectivity index (χ0v) is 8.92. The predicted octanol–water partition coefficient (Wildman–Crippen LogP) is 1.99. The summed E-state index contributed by atoms with van der Waals surface area (Å²) in [6.45, 7) is 0. The van der Waals surface area contributed by atoms with Crippen LogP contribution in [0.15, 0.2) is 18.2 Å². The second-order valence-corrected chi connectivity index (χ2v) is 3.36. The van der Waals surface area contributed by atoms with Gasteiger partial charge in [-0.1, -0.05) is 0 Å². The summed E-state index contributed by atoms with van der Waals surface area (Å²) in [5.41, 5.74) is -0.130. The highest BCUT2D eigenvalue weighted by atomic mass is 35.5. The quantitative estimate of drug-likeness (QED) is 0.467. The van der Waals surface area contributed by atoms with E-state index in [1.807, 2.05) is 0 Å². The number of Topliss-reactive ketones (excluding diaryl/α,β-unsaturated/α-hetero) is 1. The summed E-state index contributed by atoms with van der Waals surface area (Å²) in [6.07, 6.45) is 0. The molecule has 0 aliphatic carbocycles. The number of hydrogen-bond acceptors (Lipinski definition) is 3. The summed E-state index contributed by atoms with van der Waals surface area (Å²) in [7, 11) is 1.01. The smallest absolute Gasteiger partial charge is 0.376 e. The second kappa shape index (κ2) is 5.03. The molecule has 0 saturated carbocycles. The molecule has 0 bridgehead atoms. The number of ether oxygens (including phenoxy) is 1. The zero-order valence-electron chi connectivity index (χ0n) is 8.17. The molecule has 0 heterocycles. The van der Waals surface area contributed by atoms with Gasteiger partial charge in [0.1, 0.15) is 17.0 Å². The monoisotopic (exact) mass is 248 g/mol. The van der Waals surface area contributed by atoms with Gasteiger partial charge in [-0.2, -0.15) is 0 Å². The molecule has 0 aliphatic heterocycles. The van der Waals surface area contributed by atoms with E-state index < -0.39 is 28.8 Å². The molecule has 1 aromatic carbocycles. The Hall–Kier alpha value is -1.49. The van der Waals surface area contributed by atoms with E-state index in [1.165, 1.54) is 0 Å². The second-order valence-electron chi connectivity index (χ2n) is 2.92. The number of benzene rings is 1. The molecule has 1 atom stereocenters. The van der Waals surface area contributed by atoms with E-state index in [0.717, 1.165) is 19.2 Å².